The average Bonchev–Trinajstić information content (AvgIpc) is 3.77. The molecule has 0 aliphatic carbocycles. The fourth-order valence-corrected chi connectivity index (χ4v) is 7.87. The van der Waals surface area contributed by atoms with E-state index in [1.807, 2.05) is 97.1 Å². The van der Waals surface area contributed by atoms with E-state index in [1.165, 1.54) is 0 Å². The van der Waals surface area contributed by atoms with Gasteiger partial charge in [-0.1, -0.05) is 133 Å². The zero-order valence-electron chi connectivity index (χ0n) is 26.5. The number of aromatic nitrogens is 5. The molecule has 6 nitrogen and oxygen atoms in total. The molecule has 10 aromatic rings. The van der Waals surface area contributed by atoms with Crippen molar-refractivity contribution >= 4 is 53.6 Å². The van der Waals surface area contributed by atoms with Crippen LogP contribution in [0.1, 0.15) is 0 Å². The topological polar surface area (TPSA) is 77.6 Å². The lowest BCUT2D eigenvalue weighted by Crippen LogP contribution is -2.00. The third-order valence-corrected chi connectivity index (χ3v) is 10.2. The van der Waals surface area contributed by atoms with E-state index in [0.29, 0.717) is 23.3 Å². The Morgan fingerprint density at radius 2 is 0.920 bits per heavy atom. The van der Waals surface area contributed by atoms with Crippen LogP contribution in [0.4, 0.5) is 0 Å². The molecule has 0 atom stereocenters. The summed E-state index contributed by atoms with van der Waals surface area (Å²) in [7, 11) is 0. The van der Waals surface area contributed by atoms with E-state index in [1.54, 1.807) is 11.3 Å². The number of nitrogens with zero attached hydrogens (tertiary/aromatic N) is 5. The molecular formula is C43H25N5OS. The van der Waals surface area contributed by atoms with Gasteiger partial charge in [-0.15, -0.1) is 11.3 Å². The molecule has 0 aliphatic heterocycles. The van der Waals surface area contributed by atoms with Crippen LogP contribution >= 0.6 is 11.3 Å². The predicted octanol–water partition coefficient (Wildman–Crippen LogP) is 11.3. The maximum Gasteiger partial charge on any atom is 0.167 e. The van der Waals surface area contributed by atoms with E-state index < -0.39 is 0 Å². The lowest BCUT2D eigenvalue weighted by Gasteiger charge is -2.09. The van der Waals surface area contributed by atoms with Gasteiger partial charge >= 0.3 is 0 Å². The summed E-state index contributed by atoms with van der Waals surface area (Å²) in [4.78, 5) is 25.6. The molecule has 0 spiro atoms. The Morgan fingerprint density at radius 3 is 1.64 bits per heavy atom. The van der Waals surface area contributed by atoms with Gasteiger partial charge < -0.3 is 4.42 Å². The smallest absolute Gasteiger partial charge is 0.167 e. The van der Waals surface area contributed by atoms with Gasteiger partial charge in [0.15, 0.2) is 23.3 Å². The van der Waals surface area contributed by atoms with Crippen LogP contribution in [0.25, 0.3) is 99.1 Å². The van der Waals surface area contributed by atoms with E-state index in [2.05, 4.69) is 54.6 Å². The Kier molecular flexibility index (Phi) is 6.57. The first-order chi connectivity index (χ1) is 24.8. The number of fused-ring (bicyclic) bond motifs is 6. The summed E-state index contributed by atoms with van der Waals surface area (Å²) in [6.45, 7) is 0. The standard InChI is InChI=1S/C43H25N5OS/c1-4-14-26(15-5-1)35-39-36(45-40(44-35)27-16-6-2-7-17-27)31-22-13-24-33(38(31)50-39)43-47-41(28-18-8-3-9-19-28)46-42(48-43)32-23-12-21-30-29-20-10-11-25-34(29)49-37(30)32/h1-25H. The molecule has 0 fully saturated rings. The van der Waals surface area contributed by atoms with Crippen molar-refractivity contribution in [2.45, 2.75) is 0 Å². The van der Waals surface area contributed by atoms with Crippen molar-refractivity contribution in [3.05, 3.63) is 152 Å². The summed E-state index contributed by atoms with van der Waals surface area (Å²) in [6.07, 6.45) is 0. The SMILES string of the molecule is c1ccc(-c2nc(-c3cccc4c3oc3ccccc34)nc(-c3cccc4c3sc3c(-c5ccccc5)nc(-c5ccccc5)nc34)n2)cc1. The Bertz CT molecular complexity index is 2870. The highest BCUT2D eigenvalue weighted by molar-refractivity contribution is 7.26. The predicted molar refractivity (Wildman–Crippen MR) is 203 cm³/mol. The Labute approximate surface area is 290 Å². The summed E-state index contributed by atoms with van der Waals surface area (Å²) >= 11 is 1.67. The van der Waals surface area contributed by atoms with Crippen molar-refractivity contribution < 1.29 is 4.42 Å². The summed E-state index contributed by atoms with van der Waals surface area (Å²) in [6, 6.07) is 51.0. The number of thiophene rings is 1. The highest BCUT2D eigenvalue weighted by Crippen LogP contribution is 2.43. The second-order valence-electron chi connectivity index (χ2n) is 12.0. The molecule has 0 radical (unpaired) electrons. The first-order valence-corrected chi connectivity index (χ1v) is 17.2. The van der Waals surface area contributed by atoms with E-state index in [9.17, 15) is 0 Å². The van der Waals surface area contributed by atoms with Crippen LogP contribution in [-0.4, -0.2) is 24.9 Å². The zero-order chi connectivity index (χ0) is 33.0. The molecule has 4 heterocycles. The van der Waals surface area contributed by atoms with Gasteiger partial charge in [-0.05, 0) is 18.2 Å². The minimum atomic E-state index is 0.549. The third kappa shape index (κ3) is 4.67. The van der Waals surface area contributed by atoms with E-state index in [-0.39, 0.29) is 0 Å². The van der Waals surface area contributed by atoms with Crippen LogP contribution in [0.3, 0.4) is 0 Å². The maximum atomic E-state index is 6.43. The molecule has 0 aliphatic rings. The molecule has 4 aromatic heterocycles. The van der Waals surface area contributed by atoms with Gasteiger partial charge in [0.1, 0.15) is 11.2 Å². The van der Waals surface area contributed by atoms with Crippen molar-refractivity contribution in [1.29, 1.82) is 0 Å². The fourth-order valence-electron chi connectivity index (χ4n) is 6.61. The van der Waals surface area contributed by atoms with Crippen LogP contribution in [0.15, 0.2) is 156 Å². The Balaban J connectivity index is 1.24. The first kappa shape index (κ1) is 28.4. The van der Waals surface area contributed by atoms with Crippen LogP contribution in [0.2, 0.25) is 0 Å². The molecule has 6 aromatic carbocycles. The van der Waals surface area contributed by atoms with Crippen molar-refractivity contribution in [3.8, 4) is 56.8 Å². The molecular weight excluding hydrogens is 635 g/mol. The number of benzene rings is 6. The number of furan rings is 1. The molecule has 0 bridgehead atoms. The minimum Gasteiger partial charge on any atom is -0.455 e. The van der Waals surface area contributed by atoms with Crippen molar-refractivity contribution in [1.82, 2.24) is 24.9 Å². The summed E-state index contributed by atoms with van der Waals surface area (Å²) in [5, 5.41) is 3.11. The quantitative estimate of drug-likeness (QED) is 0.183. The third-order valence-electron chi connectivity index (χ3n) is 8.97. The van der Waals surface area contributed by atoms with Gasteiger partial charge in [0.05, 0.1) is 21.5 Å². The zero-order valence-corrected chi connectivity index (χ0v) is 27.3. The number of para-hydroxylation sites is 2. The second kappa shape index (κ2) is 11.5. The van der Waals surface area contributed by atoms with Gasteiger partial charge in [-0.3, -0.25) is 0 Å². The van der Waals surface area contributed by atoms with Crippen molar-refractivity contribution in [2.24, 2.45) is 0 Å². The van der Waals surface area contributed by atoms with E-state index >= 15 is 0 Å². The molecule has 0 N–H and O–H groups in total. The van der Waals surface area contributed by atoms with Crippen LogP contribution in [0.5, 0.6) is 0 Å². The van der Waals surface area contributed by atoms with Crippen LogP contribution in [-0.2, 0) is 0 Å². The minimum absolute atomic E-state index is 0.549. The maximum absolute atomic E-state index is 6.43. The molecule has 0 amide bonds. The first-order valence-electron chi connectivity index (χ1n) is 16.3. The molecule has 10 rings (SSSR count). The van der Waals surface area contributed by atoms with Crippen LogP contribution in [0, 0.1) is 0 Å². The summed E-state index contributed by atoms with van der Waals surface area (Å²) in [5.41, 5.74) is 8.02. The summed E-state index contributed by atoms with van der Waals surface area (Å²) < 4.78 is 8.48. The highest BCUT2D eigenvalue weighted by Gasteiger charge is 2.22. The van der Waals surface area contributed by atoms with Crippen molar-refractivity contribution in [2.75, 3.05) is 0 Å². The normalized spacial score (nSPS) is 11.6. The van der Waals surface area contributed by atoms with Crippen molar-refractivity contribution in [3.63, 3.8) is 0 Å². The second-order valence-corrected chi connectivity index (χ2v) is 13.1. The van der Waals surface area contributed by atoms with Gasteiger partial charge in [0, 0.05) is 43.1 Å². The average molecular weight is 660 g/mol. The Morgan fingerprint density at radius 1 is 0.380 bits per heavy atom. The van der Waals surface area contributed by atoms with Gasteiger partial charge in [-0.2, -0.15) is 0 Å². The molecule has 0 unspecified atom stereocenters. The molecule has 0 saturated heterocycles. The molecule has 50 heavy (non-hydrogen) atoms. The van der Waals surface area contributed by atoms with Crippen LogP contribution < -0.4 is 0 Å². The lowest BCUT2D eigenvalue weighted by molar-refractivity contribution is 0.669. The molecule has 7 heteroatoms. The van der Waals surface area contributed by atoms with Gasteiger partial charge in [-0.25, -0.2) is 24.9 Å². The fraction of sp³-hybridized carbons (Fsp3) is 0. The number of rotatable bonds is 5. The monoisotopic (exact) mass is 659 g/mol. The van der Waals surface area contributed by atoms with E-state index in [0.717, 1.165) is 75.8 Å². The van der Waals surface area contributed by atoms with Gasteiger partial charge in [0.25, 0.3) is 0 Å². The molecule has 234 valence electrons. The lowest BCUT2D eigenvalue weighted by atomic mass is 10.1. The summed E-state index contributed by atoms with van der Waals surface area (Å²) in [5.74, 6) is 2.41. The van der Waals surface area contributed by atoms with Gasteiger partial charge in [0.2, 0.25) is 0 Å². The highest BCUT2D eigenvalue weighted by atomic mass is 32.1. The number of hydrogen-bond acceptors (Lipinski definition) is 7. The largest absolute Gasteiger partial charge is 0.455 e. The number of hydrogen-bond donors (Lipinski definition) is 0. The Hall–Kier alpha value is -6.57. The molecule has 0 saturated carbocycles. The van der Waals surface area contributed by atoms with E-state index in [4.69, 9.17) is 29.3 Å².